The molecular formula is C14H11BrN2. The van der Waals surface area contributed by atoms with E-state index in [2.05, 4.69) is 75.0 Å². The Morgan fingerprint density at radius 3 is 2.53 bits per heavy atom. The highest BCUT2D eigenvalue weighted by atomic mass is 79.9. The molecular weight excluding hydrogens is 276 g/mol. The lowest BCUT2D eigenvalue weighted by Gasteiger charge is -2.05. The molecule has 0 bridgehead atoms. The fourth-order valence-corrected chi connectivity index (χ4v) is 2.20. The first-order chi connectivity index (χ1) is 8.24. The maximum absolute atomic E-state index is 4.51. The predicted molar refractivity (Wildman–Crippen MR) is 73.5 cm³/mol. The zero-order valence-electron chi connectivity index (χ0n) is 9.39. The first-order valence-electron chi connectivity index (χ1n) is 5.45. The molecule has 0 atom stereocenters. The van der Waals surface area contributed by atoms with Crippen molar-refractivity contribution < 1.29 is 0 Å². The van der Waals surface area contributed by atoms with Crippen LogP contribution in [0.2, 0.25) is 0 Å². The molecule has 0 N–H and O–H groups in total. The second-order valence-electron chi connectivity index (χ2n) is 4.07. The monoisotopic (exact) mass is 286 g/mol. The van der Waals surface area contributed by atoms with Gasteiger partial charge >= 0.3 is 0 Å². The summed E-state index contributed by atoms with van der Waals surface area (Å²) in [4.78, 5) is 4.51. The van der Waals surface area contributed by atoms with Crippen molar-refractivity contribution in [1.29, 1.82) is 0 Å². The van der Waals surface area contributed by atoms with Crippen molar-refractivity contribution in [3.05, 3.63) is 58.8 Å². The molecule has 84 valence electrons. The number of aromatic nitrogens is 2. The molecule has 17 heavy (non-hydrogen) atoms. The van der Waals surface area contributed by atoms with Gasteiger partial charge in [-0.1, -0.05) is 17.7 Å². The Morgan fingerprint density at radius 2 is 1.76 bits per heavy atom. The van der Waals surface area contributed by atoms with Crippen molar-refractivity contribution in [1.82, 2.24) is 9.55 Å². The van der Waals surface area contributed by atoms with Crippen molar-refractivity contribution >= 4 is 27.0 Å². The van der Waals surface area contributed by atoms with Gasteiger partial charge in [0.25, 0.3) is 0 Å². The molecule has 0 saturated heterocycles. The van der Waals surface area contributed by atoms with Gasteiger partial charge in [-0.2, -0.15) is 0 Å². The second-order valence-corrected chi connectivity index (χ2v) is 4.88. The maximum atomic E-state index is 4.51. The van der Waals surface area contributed by atoms with Crippen LogP contribution in [-0.2, 0) is 0 Å². The average Bonchev–Trinajstić information content (AvgIpc) is 2.73. The molecule has 2 aromatic heterocycles. The number of halogens is 1. The molecule has 0 aliphatic rings. The Hall–Kier alpha value is -1.61. The Kier molecular flexibility index (Phi) is 2.48. The molecule has 0 fully saturated rings. The van der Waals surface area contributed by atoms with Crippen LogP contribution in [0, 0.1) is 6.92 Å². The van der Waals surface area contributed by atoms with Crippen LogP contribution < -0.4 is 0 Å². The lowest BCUT2D eigenvalue weighted by molar-refractivity contribution is 1.08. The summed E-state index contributed by atoms with van der Waals surface area (Å²) in [6.07, 6.45) is 2.05. The molecule has 1 aromatic carbocycles. The van der Waals surface area contributed by atoms with Gasteiger partial charge in [0.2, 0.25) is 0 Å². The highest BCUT2D eigenvalue weighted by Gasteiger charge is 2.04. The SMILES string of the molecule is Cc1ccc(-n2ccc3ccc(Br)nc32)cc1. The van der Waals surface area contributed by atoms with Gasteiger partial charge < -0.3 is 4.57 Å². The Morgan fingerprint density at radius 1 is 1.00 bits per heavy atom. The van der Waals surface area contributed by atoms with Gasteiger partial charge in [0.05, 0.1) is 0 Å². The summed E-state index contributed by atoms with van der Waals surface area (Å²) in [7, 11) is 0. The molecule has 2 nitrogen and oxygen atoms in total. The van der Waals surface area contributed by atoms with E-state index in [1.165, 1.54) is 5.56 Å². The van der Waals surface area contributed by atoms with E-state index >= 15 is 0 Å². The fourth-order valence-electron chi connectivity index (χ4n) is 1.90. The average molecular weight is 287 g/mol. The van der Waals surface area contributed by atoms with Crippen molar-refractivity contribution in [2.75, 3.05) is 0 Å². The van der Waals surface area contributed by atoms with E-state index in [-0.39, 0.29) is 0 Å². The third-order valence-electron chi connectivity index (χ3n) is 2.81. The number of aryl methyl sites for hydroxylation is 1. The number of pyridine rings is 1. The quantitative estimate of drug-likeness (QED) is 0.616. The maximum Gasteiger partial charge on any atom is 0.145 e. The largest absolute Gasteiger partial charge is 0.301 e. The zero-order chi connectivity index (χ0) is 11.8. The van der Waals surface area contributed by atoms with E-state index in [1.807, 2.05) is 6.07 Å². The Bertz CT molecular complexity index is 668. The number of nitrogens with zero attached hydrogens (tertiary/aromatic N) is 2. The Labute approximate surface area is 108 Å². The summed E-state index contributed by atoms with van der Waals surface area (Å²) in [5.74, 6) is 0. The summed E-state index contributed by atoms with van der Waals surface area (Å²) in [5, 5.41) is 1.15. The first kappa shape index (κ1) is 10.5. The van der Waals surface area contributed by atoms with Crippen LogP contribution in [0.5, 0.6) is 0 Å². The van der Waals surface area contributed by atoms with Gasteiger partial charge in [0.1, 0.15) is 10.3 Å². The van der Waals surface area contributed by atoms with Crippen molar-refractivity contribution in [3.63, 3.8) is 0 Å². The van der Waals surface area contributed by atoms with E-state index in [9.17, 15) is 0 Å². The lowest BCUT2D eigenvalue weighted by atomic mass is 10.2. The van der Waals surface area contributed by atoms with Crippen molar-refractivity contribution in [3.8, 4) is 5.69 Å². The minimum Gasteiger partial charge on any atom is -0.301 e. The minimum atomic E-state index is 0.858. The number of rotatable bonds is 1. The third-order valence-corrected chi connectivity index (χ3v) is 3.26. The van der Waals surface area contributed by atoms with Gasteiger partial charge in [-0.25, -0.2) is 4.98 Å². The minimum absolute atomic E-state index is 0.858. The molecule has 0 unspecified atom stereocenters. The summed E-state index contributed by atoms with van der Waals surface area (Å²) >= 11 is 3.41. The Balaban J connectivity index is 2.23. The molecule has 0 spiro atoms. The predicted octanol–water partition coefficient (Wildman–Crippen LogP) is 4.10. The van der Waals surface area contributed by atoms with Gasteiger partial charge in [-0.15, -0.1) is 0 Å². The van der Waals surface area contributed by atoms with Crippen LogP contribution in [0.3, 0.4) is 0 Å². The molecule has 0 aliphatic carbocycles. The fraction of sp³-hybridized carbons (Fsp3) is 0.0714. The molecule has 0 aliphatic heterocycles. The summed E-state index contributed by atoms with van der Waals surface area (Å²) in [6, 6.07) is 14.5. The normalized spacial score (nSPS) is 10.9. The molecule has 3 aromatic rings. The topological polar surface area (TPSA) is 17.8 Å². The van der Waals surface area contributed by atoms with Gasteiger partial charge in [0, 0.05) is 17.3 Å². The van der Waals surface area contributed by atoms with E-state index in [1.54, 1.807) is 0 Å². The summed E-state index contributed by atoms with van der Waals surface area (Å²) in [5.41, 5.74) is 3.37. The van der Waals surface area contributed by atoms with E-state index in [4.69, 9.17) is 0 Å². The van der Waals surface area contributed by atoms with E-state index in [0.717, 1.165) is 21.3 Å². The lowest BCUT2D eigenvalue weighted by Crippen LogP contribution is -1.93. The third kappa shape index (κ3) is 1.87. The summed E-state index contributed by atoms with van der Waals surface area (Å²) in [6.45, 7) is 2.09. The molecule has 0 saturated carbocycles. The molecule has 0 radical (unpaired) electrons. The van der Waals surface area contributed by atoms with Crippen LogP contribution in [0.15, 0.2) is 53.3 Å². The van der Waals surface area contributed by atoms with Crippen LogP contribution in [-0.4, -0.2) is 9.55 Å². The van der Waals surface area contributed by atoms with E-state index < -0.39 is 0 Å². The van der Waals surface area contributed by atoms with Crippen LogP contribution in [0.25, 0.3) is 16.7 Å². The number of hydrogen-bond donors (Lipinski definition) is 0. The van der Waals surface area contributed by atoms with Gasteiger partial charge in [-0.3, -0.25) is 0 Å². The number of fused-ring (bicyclic) bond motifs is 1. The highest BCUT2D eigenvalue weighted by Crippen LogP contribution is 2.21. The highest BCUT2D eigenvalue weighted by molar-refractivity contribution is 9.10. The van der Waals surface area contributed by atoms with Crippen LogP contribution >= 0.6 is 15.9 Å². The first-order valence-corrected chi connectivity index (χ1v) is 6.24. The molecule has 3 rings (SSSR count). The van der Waals surface area contributed by atoms with E-state index in [0.29, 0.717) is 0 Å². The van der Waals surface area contributed by atoms with Gasteiger partial charge in [-0.05, 0) is 53.2 Å². The zero-order valence-corrected chi connectivity index (χ0v) is 11.0. The second kappa shape index (κ2) is 4.00. The molecule has 0 amide bonds. The number of benzene rings is 1. The van der Waals surface area contributed by atoms with Gasteiger partial charge in [0.15, 0.2) is 0 Å². The number of hydrogen-bond acceptors (Lipinski definition) is 1. The van der Waals surface area contributed by atoms with Crippen LogP contribution in [0.4, 0.5) is 0 Å². The standard InChI is InChI=1S/C14H11BrN2/c1-10-2-5-12(6-3-10)17-9-8-11-4-7-13(15)16-14(11)17/h2-9H,1H3. The van der Waals surface area contributed by atoms with Crippen LogP contribution in [0.1, 0.15) is 5.56 Å². The smallest absolute Gasteiger partial charge is 0.145 e. The molecule has 3 heteroatoms. The molecule has 2 heterocycles. The summed E-state index contributed by atoms with van der Waals surface area (Å²) < 4.78 is 2.96. The van der Waals surface area contributed by atoms with Crippen molar-refractivity contribution in [2.45, 2.75) is 6.92 Å². The van der Waals surface area contributed by atoms with Crippen molar-refractivity contribution in [2.24, 2.45) is 0 Å².